The van der Waals surface area contributed by atoms with Crippen molar-refractivity contribution in [3.8, 4) is 0 Å². The van der Waals surface area contributed by atoms with Crippen molar-refractivity contribution in [2.75, 3.05) is 39.6 Å². The highest BCUT2D eigenvalue weighted by molar-refractivity contribution is 7.47. The molecule has 2 unspecified atom stereocenters. The molecule has 0 fully saturated rings. The molecular weight excluding hydrogens is 1110 g/mol. The smallest absolute Gasteiger partial charge is 0.462 e. The maximum atomic E-state index is 13.0. The van der Waals surface area contributed by atoms with E-state index in [1.165, 1.54) is 148 Å². The number of carbonyl (C=O) groups excluding carboxylic acids is 4. The van der Waals surface area contributed by atoms with E-state index in [4.69, 9.17) is 37.0 Å². The number of rotatable bonds is 65. The molecule has 0 rings (SSSR count). The maximum absolute atomic E-state index is 13.0. The molecule has 498 valence electrons. The van der Waals surface area contributed by atoms with Crippen LogP contribution in [0.5, 0.6) is 0 Å². The Morgan fingerprint density at radius 1 is 0.321 bits per heavy atom. The quantitative estimate of drug-likeness (QED) is 0.0222. The highest BCUT2D eigenvalue weighted by Crippen LogP contribution is 2.45. The van der Waals surface area contributed by atoms with Crippen LogP contribution >= 0.6 is 15.6 Å². The summed E-state index contributed by atoms with van der Waals surface area (Å²) in [6.45, 7) is 7.17. The van der Waals surface area contributed by atoms with E-state index in [0.29, 0.717) is 25.7 Å². The van der Waals surface area contributed by atoms with Crippen LogP contribution in [0.4, 0.5) is 0 Å². The Morgan fingerprint density at radius 3 is 0.810 bits per heavy atom. The second-order valence-corrected chi connectivity index (χ2v) is 26.9. The van der Waals surface area contributed by atoms with Crippen LogP contribution in [0.1, 0.15) is 330 Å². The Hall–Kier alpha value is -1.94. The number of phosphoric acid groups is 2. The summed E-state index contributed by atoms with van der Waals surface area (Å²) in [7, 11) is -9.88. The Bertz CT molecular complexity index is 1640. The van der Waals surface area contributed by atoms with Crippen molar-refractivity contribution in [2.24, 2.45) is 5.92 Å². The lowest BCUT2D eigenvalue weighted by Crippen LogP contribution is -2.30. The molecule has 0 spiro atoms. The van der Waals surface area contributed by atoms with Gasteiger partial charge in [-0.15, -0.1) is 0 Å². The summed E-state index contributed by atoms with van der Waals surface area (Å²) >= 11 is 0. The van der Waals surface area contributed by atoms with E-state index in [1.54, 1.807) is 0 Å². The lowest BCUT2D eigenvalue weighted by Gasteiger charge is -2.21. The second-order valence-electron chi connectivity index (χ2n) is 24.0. The summed E-state index contributed by atoms with van der Waals surface area (Å²) in [6, 6.07) is 0. The van der Waals surface area contributed by atoms with Crippen LogP contribution in [0.2, 0.25) is 0 Å². The molecule has 84 heavy (non-hydrogen) atoms. The van der Waals surface area contributed by atoms with Gasteiger partial charge in [-0.05, 0) is 31.6 Å². The maximum Gasteiger partial charge on any atom is 0.472 e. The van der Waals surface area contributed by atoms with Crippen LogP contribution in [0.15, 0.2) is 0 Å². The van der Waals surface area contributed by atoms with Gasteiger partial charge in [0.2, 0.25) is 0 Å². The van der Waals surface area contributed by atoms with Crippen molar-refractivity contribution in [3.05, 3.63) is 0 Å². The lowest BCUT2D eigenvalue weighted by molar-refractivity contribution is -0.161. The molecule has 0 aromatic heterocycles. The van der Waals surface area contributed by atoms with Gasteiger partial charge < -0.3 is 33.8 Å². The van der Waals surface area contributed by atoms with Crippen LogP contribution in [-0.2, 0) is 65.4 Å². The number of carbonyl (C=O) groups is 4. The van der Waals surface area contributed by atoms with Gasteiger partial charge >= 0.3 is 39.5 Å². The summed E-state index contributed by atoms with van der Waals surface area (Å²) in [5.41, 5.74) is 0. The molecule has 0 saturated carbocycles. The van der Waals surface area contributed by atoms with Crippen molar-refractivity contribution in [1.82, 2.24) is 0 Å². The van der Waals surface area contributed by atoms with Gasteiger partial charge in [0.25, 0.3) is 0 Å². The minimum absolute atomic E-state index is 0.106. The molecule has 5 atom stereocenters. The number of unbranched alkanes of at least 4 members (excludes halogenated alkanes) is 37. The fourth-order valence-corrected chi connectivity index (χ4v) is 11.3. The van der Waals surface area contributed by atoms with Gasteiger partial charge in [-0.25, -0.2) is 9.13 Å². The predicted octanol–water partition coefficient (Wildman–Crippen LogP) is 18.2. The number of esters is 4. The van der Waals surface area contributed by atoms with Crippen LogP contribution in [0.3, 0.4) is 0 Å². The first-order chi connectivity index (χ1) is 40.5. The van der Waals surface area contributed by atoms with Gasteiger partial charge in [-0.1, -0.05) is 279 Å². The highest BCUT2D eigenvalue weighted by Gasteiger charge is 2.30. The first-order valence-corrected chi connectivity index (χ1v) is 37.1. The van der Waals surface area contributed by atoms with Gasteiger partial charge in [0.05, 0.1) is 26.4 Å². The first-order valence-electron chi connectivity index (χ1n) is 34.1. The molecule has 0 aromatic carbocycles. The molecule has 3 N–H and O–H groups in total. The summed E-state index contributed by atoms with van der Waals surface area (Å²) < 4.78 is 68.0. The third-order valence-corrected chi connectivity index (χ3v) is 16.9. The van der Waals surface area contributed by atoms with E-state index in [0.717, 1.165) is 102 Å². The average Bonchev–Trinajstić information content (AvgIpc) is 3.53. The molecule has 19 heteroatoms. The number of phosphoric ester groups is 2. The summed E-state index contributed by atoms with van der Waals surface area (Å²) in [4.78, 5) is 72.2. The van der Waals surface area contributed by atoms with Gasteiger partial charge in [0, 0.05) is 25.7 Å². The van der Waals surface area contributed by atoms with E-state index in [2.05, 4.69) is 34.6 Å². The average molecular weight is 1240 g/mol. The van der Waals surface area contributed by atoms with Gasteiger partial charge in [0.1, 0.15) is 19.3 Å². The molecule has 0 bridgehead atoms. The van der Waals surface area contributed by atoms with E-state index >= 15 is 0 Å². The largest absolute Gasteiger partial charge is 0.472 e. The highest BCUT2D eigenvalue weighted by atomic mass is 31.2. The van der Waals surface area contributed by atoms with Crippen molar-refractivity contribution >= 4 is 39.5 Å². The zero-order valence-corrected chi connectivity index (χ0v) is 55.8. The summed E-state index contributed by atoms with van der Waals surface area (Å²) in [6.07, 6.45) is 43.0. The van der Waals surface area contributed by atoms with Gasteiger partial charge in [0.15, 0.2) is 12.2 Å². The number of ether oxygens (including phenoxy) is 4. The van der Waals surface area contributed by atoms with E-state index in [-0.39, 0.29) is 25.7 Å². The Morgan fingerprint density at radius 2 is 0.548 bits per heavy atom. The number of hydrogen-bond donors (Lipinski definition) is 3. The molecule has 0 aromatic rings. The van der Waals surface area contributed by atoms with Crippen LogP contribution in [-0.4, -0.2) is 96.7 Å². The van der Waals surface area contributed by atoms with Crippen molar-refractivity contribution < 1.29 is 80.2 Å². The van der Waals surface area contributed by atoms with E-state index in [9.17, 15) is 43.2 Å². The molecule has 0 radical (unpaired) electrons. The van der Waals surface area contributed by atoms with Crippen LogP contribution in [0, 0.1) is 5.92 Å². The fourth-order valence-electron chi connectivity index (χ4n) is 9.76. The number of aliphatic hydroxyl groups excluding tert-OH is 1. The fraction of sp³-hybridized carbons (Fsp3) is 0.938. The Kier molecular flexibility index (Phi) is 57.4. The van der Waals surface area contributed by atoms with Crippen molar-refractivity contribution in [2.45, 2.75) is 348 Å². The molecule has 0 aliphatic heterocycles. The third-order valence-electron chi connectivity index (χ3n) is 15.0. The topological polar surface area (TPSA) is 237 Å². The standard InChI is InChI=1S/C65H126O17P2/c1-6-9-12-15-18-21-23-25-29-34-39-44-49-63(68)76-55-61(82-65(70)51-46-41-36-31-27-26-28-32-37-42-47-58(4)5)57-80-84(73,74)78-53-59(66)52-77-83(71,72)79-56-60(54-75-62(67)48-43-38-33-20-17-14-11-8-3)81-64(69)50-45-40-35-30-24-22-19-16-13-10-7-2/h58-61,66H,6-57H2,1-5H3,(H,71,72)(H,73,74)/t59-,60+,61+/m0/s1. The van der Waals surface area contributed by atoms with Gasteiger partial charge in [-0.2, -0.15) is 0 Å². The molecule has 0 aliphatic rings. The molecule has 0 amide bonds. The Balaban J connectivity index is 5.23. The van der Waals surface area contributed by atoms with Crippen molar-refractivity contribution in [3.63, 3.8) is 0 Å². The van der Waals surface area contributed by atoms with Crippen LogP contribution < -0.4 is 0 Å². The summed E-state index contributed by atoms with van der Waals surface area (Å²) in [5, 5.41) is 10.5. The Labute approximate surface area is 511 Å². The first kappa shape index (κ1) is 82.1. The minimum Gasteiger partial charge on any atom is -0.462 e. The molecule has 0 aliphatic carbocycles. The van der Waals surface area contributed by atoms with Crippen LogP contribution in [0.25, 0.3) is 0 Å². The molecular formula is C65H126O17P2. The number of hydrogen-bond acceptors (Lipinski definition) is 15. The van der Waals surface area contributed by atoms with Gasteiger partial charge in [-0.3, -0.25) is 37.3 Å². The molecule has 17 nitrogen and oxygen atoms in total. The zero-order chi connectivity index (χ0) is 62.0. The molecule has 0 saturated heterocycles. The third kappa shape index (κ3) is 59.0. The normalized spacial score (nSPS) is 14.2. The predicted molar refractivity (Wildman–Crippen MR) is 335 cm³/mol. The summed E-state index contributed by atoms with van der Waals surface area (Å²) in [5.74, 6) is -1.38. The van der Waals surface area contributed by atoms with E-state index < -0.39 is 97.5 Å². The van der Waals surface area contributed by atoms with E-state index in [1.807, 2.05) is 0 Å². The number of aliphatic hydroxyl groups is 1. The second kappa shape index (κ2) is 58.7. The zero-order valence-electron chi connectivity index (χ0n) is 54.0. The lowest BCUT2D eigenvalue weighted by atomic mass is 10.0. The SMILES string of the molecule is CCCCCCCCCCCCCCC(=O)OC[C@H](COP(=O)(O)OC[C@@H](O)COP(=O)(O)OC[C@@H](COC(=O)CCCCCCCCCC)OC(=O)CCCCCCCCCCCCC)OC(=O)CCCCCCCCCCCCC(C)C. The molecule has 0 heterocycles. The monoisotopic (exact) mass is 1240 g/mol. The van der Waals surface area contributed by atoms with Crippen molar-refractivity contribution in [1.29, 1.82) is 0 Å². The minimum atomic E-state index is -4.94.